The number of nitrogens with one attached hydrogen (secondary N) is 2. The smallest absolute Gasteiger partial charge is 0.191 e. The molecule has 0 spiro atoms. The number of nitrogens with zero attached hydrogens (tertiary/aromatic N) is 1. The van der Waals surface area contributed by atoms with Crippen LogP contribution in [0.2, 0.25) is 5.02 Å². The number of aliphatic imine (C=N–C) groups is 1. The van der Waals surface area contributed by atoms with Gasteiger partial charge in [0.15, 0.2) is 5.96 Å². The van der Waals surface area contributed by atoms with E-state index >= 15 is 0 Å². The van der Waals surface area contributed by atoms with E-state index in [1.54, 1.807) is 6.07 Å². The second-order valence-corrected chi connectivity index (χ2v) is 5.07. The van der Waals surface area contributed by atoms with Gasteiger partial charge < -0.3 is 10.6 Å². The summed E-state index contributed by atoms with van der Waals surface area (Å²) in [4.78, 5) is 4.49. The molecule has 3 nitrogen and oxygen atoms in total. The van der Waals surface area contributed by atoms with Crippen molar-refractivity contribution in [1.29, 1.82) is 0 Å². The molecular formula is C14H19ClFN3. The van der Waals surface area contributed by atoms with Crippen molar-refractivity contribution in [2.75, 3.05) is 13.1 Å². The summed E-state index contributed by atoms with van der Waals surface area (Å²) in [6.45, 7) is 3.52. The molecule has 1 aromatic carbocycles. The lowest BCUT2D eigenvalue weighted by Gasteiger charge is -2.10. The summed E-state index contributed by atoms with van der Waals surface area (Å²) in [6.07, 6.45) is 3.14. The van der Waals surface area contributed by atoms with Crippen molar-refractivity contribution in [3.63, 3.8) is 0 Å². The molecule has 0 heterocycles. The molecule has 0 aliphatic heterocycles. The minimum atomic E-state index is -0.305. The van der Waals surface area contributed by atoms with Crippen LogP contribution in [0.15, 0.2) is 23.2 Å². The molecule has 0 bridgehead atoms. The predicted octanol–water partition coefficient (Wildman–Crippen LogP) is 2.74. The van der Waals surface area contributed by atoms with Crippen molar-refractivity contribution in [3.05, 3.63) is 34.6 Å². The molecule has 2 N–H and O–H groups in total. The third kappa shape index (κ3) is 4.71. The molecule has 1 aliphatic rings. The fraction of sp³-hybridized carbons (Fsp3) is 0.500. The zero-order valence-electron chi connectivity index (χ0n) is 11.0. The Bertz CT molecular complexity index is 458. The molecule has 19 heavy (non-hydrogen) atoms. The number of hydrogen-bond acceptors (Lipinski definition) is 1. The minimum absolute atomic E-state index is 0.305. The number of hydrogen-bond donors (Lipinski definition) is 2. The van der Waals surface area contributed by atoms with Gasteiger partial charge >= 0.3 is 0 Å². The van der Waals surface area contributed by atoms with Gasteiger partial charge in [0, 0.05) is 24.2 Å². The number of halogens is 2. The molecule has 0 amide bonds. The summed E-state index contributed by atoms with van der Waals surface area (Å²) in [7, 11) is 0. The maximum atomic E-state index is 12.9. The van der Waals surface area contributed by atoms with Crippen LogP contribution in [0.1, 0.15) is 25.3 Å². The zero-order valence-corrected chi connectivity index (χ0v) is 11.8. The summed E-state index contributed by atoms with van der Waals surface area (Å²) >= 11 is 5.98. The molecule has 1 aliphatic carbocycles. The van der Waals surface area contributed by atoms with Crippen molar-refractivity contribution >= 4 is 17.6 Å². The topological polar surface area (TPSA) is 36.4 Å². The zero-order chi connectivity index (χ0) is 13.7. The molecule has 0 atom stereocenters. The average Bonchev–Trinajstić information content (AvgIpc) is 3.16. The van der Waals surface area contributed by atoms with E-state index in [0.29, 0.717) is 24.0 Å². The van der Waals surface area contributed by atoms with E-state index in [-0.39, 0.29) is 5.82 Å². The van der Waals surface area contributed by atoms with E-state index in [0.717, 1.165) is 18.1 Å². The Morgan fingerprint density at radius 2 is 2.26 bits per heavy atom. The minimum Gasteiger partial charge on any atom is -0.357 e. The normalized spacial score (nSPS) is 15.4. The second-order valence-electron chi connectivity index (χ2n) is 4.67. The van der Waals surface area contributed by atoms with Crippen LogP contribution in [0.25, 0.3) is 0 Å². The monoisotopic (exact) mass is 283 g/mol. The van der Waals surface area contributed by atoms with Crippen LogP contribution in [0, 0.1) is 5.82 Å². The molecule has 2 rings (SSSR count). The van der Waals surface area contributed by atoms with Gasteiger partial charge in [-0.3, -0.25) is 4.99 Å². The van der Waals surface area contributed by atoms with E-state index in [4.69, 9.17) is 11.6 Å². The first kappa shape index (κ1) is 14.1. The molecule has 5 heteroatoms. The first-order chi connectivity index (χ1) is 9.19. The Morgan fingerprint density at radius 3 is 2.89 bits per heavy atom. The summed E-state index contributed by atoms with van der Waals surface area (Å²) in [5, 5.41) is 7.03. The van der Waals surface area contributed by atoms with E-state index in [1.165, 1.54) is 25.0 Å². The van der Waals surface area contributed by atoms with Crippen molar-refractivity contribution in [1.82, 2.24) is 10.6 Å². The van der Waals surface area contributed by atoms with E-state index in [1.807, 2.05) is 6.92 Å². The third-order valence-corrected chi connectivity index (χ3v) is 3.28. The average molecular weight is 284 g/mol. The molecule has 1 fully saturated rings. The first-order valence-electron chi connectivity index (χ1n) is 6.68. The maximum Gasteiger partial charge on any atom is 0.191 e. The van der Waals surface area contributed by atoms with Crippen molar-refractivity contribution in [2.45, 2.75) is 32.2 Å². The lowest BCUT2D eigenvalue weighted by molar-refractivity contribution is 0.627. The maximum absolute atomic E-state index is 12.9. The number of benzene rings is 1. The van der Waals surface area contributed by atoms with Crippen LogP contribution < -0.4 is 10.6 Å². The van der Waals surface area contributed by atoms with Gasteiger partial charge in [-0.15, -0.1) is 0 Å². The Morgan fingerprint density at radius 1 is 1.47 bits per heavy atom. The largest absolute Gasteiger partial charge is 0.357 e. The van der Waals surface area contributed by atoms with Crippen LogP contribution in [-0.4, -0.2) is 25.1 Å². The number of guanidine groups is 1. The van der Waals surface area contributed by atoms with Gasteiger partial charge in [0.1, 0.15) is 5.82 Å². The van der Waals surface area contributed by atoms with Crippen LogP contribution in [-0.2, 0) is 6.42 Å². The van der Waals surface area contributed by atoms with E-state index in [9.17, 15) is 4.39 Å². The molecule has 0 unspecified atom stereocenters. The lowest BCUT2D eigenvalue weighted by Crippen LogP contribution is -2.38. The van der Waals surface area contributed by atoms with Gasteiger partial charge in [-0.05, 0) is 43.9 Å². The van der Waals surface area contributed by atoms with Gasteiger partial charge in [0.25, 0.3) is 0 Å². The van der Waals surface area contributed by atoms with Crippen LogP contribution in [0.4, 0.5) is 4.39 Å². The molecule has 0 saturated heterocycles. The molecule has 0 aromatic heterocycles. The third-order valence-electron chi connectivity index (χ3n) is 2.93. The first-order valence-corrected chi connectivity index (χ1v) is 7.05. The highest BCUT2D eigenvalue weighted by Crippen LogP contribution is 2.19. The van der Waals surface area contributed by atoms with E-state index < -0.39 is 0 Å². The standard InChI is InChI=1S/C14H19ClFN3/c1-2-17-14(19-12-5-6-12)18-8-7-10-3-4-11(16)9-13(10)15/h3-4,9,12H,2,5-8H2,1H3,(H2,17,18,19). The highest BCUT2D eigenvalue weighted by Gasteiger charge is 2.21. The quantitative estimate of drug-likeness (QED) is 0.644. The lowest BCUT2D eigenvalue weighted by atomic mass is 10.1. The van der Waals surface area contributed by atoms with Crippen molar-refractivity contribution < 1.29 is 4.39 Å². The second kappa shape index (κ2) is 6.75. The molecule has 1 aromatic rings. The predicted molar refractivity (Wildman–Crippen MR) is 77.3 cm³/mol. The SMILES string of the molecule is CCNC(=NCCc1ccc(F)cc1Cl)NC1CC1. The van der Waals surface area contributed by atoms with Crippen LogP contribution in [0.3, 0.4) is 0 Å². The van der Waals surface area contributed by atoms with Crippen LogP contribution >= 0.6 is 11.6 Å². The molecule has 1 saturated carbocycles. The summed E-state index contributed by atoms with van der Waals surface area (Å²) < 4.78 is 12.9. The number of rotatable bonds is 5. The Balaban J connectivity index is 1.88. The molecule has 0 radical (unpaired) electrons. The van der Waals surface area contributed by atoms with Crippen LogP contribution in [0.5, 0.6) is 0 Å². The van der Waals surface area contributed by atoms with Gasteiger partial charge in [-0.1, -0.05) is 17.7 Å². The van der Waals surface area contributed by atoms with Gasteiger partial charge in [-0.25, -0.2) is 4.39 Å². The summed E-state index contributed by atoms with van der Waals surface area (Å²) in [6, 6.07) is 5.06. The summed E-state index contributed by atoms with van der Waals surface area (Å²) in [5.41, 5.74) is 0.925. The molecule has 104 valence electrons. The Labute approximate surface area is 118 Å². The molecular weight excluding hydrogens is 265 g/mol. The Hall–Kier alpha value is -1.29. The highest BCUT2D eigenvalue weighted by atomic mass is 35.5. The summed E-state index contributed by atoms with van der Waals surface area (Å²) in [5.74, 6) is 0.546. The van der Waals surface area contributed by atoms with E-state index in [2.05, 4.69) is 15.6 Å². The fourth-order valence-corrected chi connectivity index (χ4v) is 2.02. The Kier molecular flexibility index (Phi) is 5.02. The fourth-order valence-electron chi connectivity index (χ4n) is 1.75. The van der Waals surface area contributed by atoms with Crippen molar-refractivity contribution in [3.8, 4) is 0 Å². The van der Waals surface area contributed by atoms with Gasteiger partial charge in [-0.2, -0.15) is 0 Å². The van der Waals surface area contributed by atoms with Gasteiger partial charge in [0.05, 0.1) is 0 Å². The van der Waals surface area contributed by atoms with Crippen molar-refractivity contribution in [2.24, 2.45) is 4.99 Å². The highest BCUT2D eigenvalue weighted by molar-refractivity contribution is 6.31. The van der Waals surface area contributed by atoms with Gasteiger partial charge in [0.2, 0.25) is 0 Å².